The van der Waals surface area contributed by atoms with Gasteiger partial charge in [-0.05, 0) is 30.4 Å². The molecule has 1 heterocycles. The molecule has 142 valence electrons. The molecule has 2 atom stereocenters. The summed E-state index contributed by atoms with van der Waals surface area (Å²) in [5.41, 5.74) is 1.41. The zero-order valence-electron chi connectivity index (χ0n) is 15.3. The topological polar surface area (TPSA) is 89.9 Å². The Morgan fingerprint density at radius 1 is 1.42 bits per heavy atom. The molecule has 1 N–H and O–H groups in total. The molecule has 0 radical (unpaired) electrons. The highest BCUT2D eigenvalue weighted by molar-refractivity contribution is 5.98. The number of allylic oxidation sites excluding steroid dienone is 1. The summed E-state index contributed by atoms with van der Waals surface area (Å²) in [5.74, 6) is -1.25. The van der Waals surface area contributed by atoms with Crippen molar-refractivity contribution in [2.45, 2.75) is 45.6 Å². The van der Waals surface area contributed by atoms with Crippen molar-refractivity contribution in [2.24, 2.45) is 11.8 Å². The Morgan fingerprint density at radius 3 is 2.81 bits per heavy atom. The number of hydrogen-bond donors (Lipinski definition) is 1. The molecule has 1 aliphatic carbocycles. The van der Waals surface area contributed by atoms with Crippen LogP contribution in [0.15, 0.2) is 35.5 Å². The summed E-state index contributed by atoms with van der Waals surface area (Å²) in [6, 6.07) is 0. The highest BCUT2D eigenvalue weighted by atomic mass is 16.6. The summed E-state index contributed by atoms with van der Waals surface area (Å²) in [7, 11) is 0. The fraction of sp³-hybridized carbons (Fsp3) is 0.550. The quantitative estimate of drug-likeness (QED) is 0.458. The van der Waals surface area contributed by atoms with E-state index < -0.39 is 18.0 Å². The van der Waals surface area contributed by atoms with Crippen molar-refractivity contribution in [1.29, 1.82) is 0 Å². The summed E-state index contributed by atoms with van der Waals surface area (Å²) in [6.45, 7) is 7.39. The Bertz CT molecular complexity index is 655. The van der Waals surface area contributed by atoms with Crippen molar-refractivity contribution in [2.75, 3.05) is 13.2 Å². The van der Waals surface area contributed by atoms with Crippen molar-refractivity contribution in [1.82, 2.24) is 0 Å². The Kier molecular flexibility index (Phi) is 6.91. The number of rotatable bonds is 5. The van der Waals surface area contributed by atoms with Crippen molar-refractivity contribution in [3.63, 3.8) is 0 Å². The highest BCUT2D eigenvalue weighted by Gasteiger charge is 2.39. The lowest BCUT2D eigenvalue weighted by atomic mass is 9.87. The first-order valence-electron chi connectivity index (χ1n) is 8.89. The van der Waals surface area contributed by atoms with E-state index in [0.29, 0.717) is 24.8 Å². The normalized spacial score (nSPS) is 27.9. The van der Waals surface area contributed by atoms with Crippen LogP contribution in [0.25, 0.3) is 0 Å². The van der Waals surface area contributed by atoms with Gasteiger partial charge >= 0.3 is 11.9 Å². The first-order chi connectivity index (χ1) is 12.3. The largest absolute Gasteiger partial charge is 0.461 e. The van der Waals surface area contributed by atoms with Crippen molar-refractivity contribution >= 4 is 17.7 Å². The lowest BCUT2D eigenvalue weighted by Gasteiger charge is -2.18. The van der Waals surface area contributed by atoms with Crippen LogP contribution >= 0.6 is 0 Å². The van der Waals surface area contributed by atoms with E-state index in [2.05, 4.69) is 6.58 Å². The van der Waals surface area contributed by atoms with Crippen LogP contribution < -0.4 is 0 Å². The summed E-state index contributed by atoms with van der Waals surface area (Å²) in [5, 5.41) is 9.43. The standard InChI is InChI=1S/C20H26O6/c1-12(2)7-19(23)25-11-14-5-4-6-15(10-21)17(22)9-16-13(3)20(24)26-18(16)8-14/h6,8,12,16,18,21H,3-5,7,9-11H2,1-2H3/b14-8+,15-6-/t16-,18+/m0/s1. The van der Waals surface area contributed by atoms with Gasteiger partial charge in [0.15, 0.2) is 5.78 Å². The smallest absolute Gasteiger partial charge is 0.334 e. The molecular formula is C20H26O6. The first kappa shape index (κ1) is 20.1. The van der Waals surface area contributed by atoms with Gasteiger partial charge in [0.25, 0.3) is 0 Å². The lowest BCUT2D eigenvalue weighted by Crippen LogP contribution is -2.22. The fourth-order valence-electron chi connectivity index (χ4n) is 3.05. The minimum Gasteiger partial charge on any atom is -0.461 e. The van der Waals surface area contributed by atoms with E-state index in [9.17, 15) is 19.5 Å². The van der Waals surface area contributed by atoms with Crippen molar-refractivity contribution < 1.29 is 29.0 Å². The second-order valence-corrected chi connectivity index (χ2v) is 7.14. The summed E-state index contributed by atoms with van der Waals surface area (Å²) in [6.07, 6.45) is 4.34. The van der Waals surface area contributed by atoms with Gasteiger partial charge in [0.05, 0.1) is 6.61 Å². The van der Waals surface area contributed by atoms with Crippen LogP contribution in [0, 0.1) is 11.8 Å². The number of fused-ring (bicyclic) bond motifs is 1. The lowest BCUT2D eigenvalue weighted by molar-refractivity contribution is -0.143. The maximum atomic E-state index is 12.3. The van der Waals surface area contributed by atoms with Crippen LogP contribution in [0.1, 0.15) is 39.5 Å². The Labute approximate surface area is 153 Å². The maximum Gasteiger partial charge on any atom is 0.334 e. The van der Waals surface area contributed by atoms with Gasteiger partial charge in [-0.1, -0.05) is 26.5 Å². The monoisotopic (exact) mass is 362 g/mol. The molecule has 2 aliphatic rings. The molecular weight excluding hydrogens is 336 g/mol. The molecule has 0 saturated carbocycles. The van der Waals surface area contributed by atoms with Crippen LogP contribution in [0.2, 0.25) is 0 Å². The number of Topliss-reactive ketones (excluding diaryl/α,β-unsaturated/α-hetero) is 1. The third-order valence-electron chi connectivity index (χ3n) is 4.53. The highest BCUT2D eigenvalue weighted by Crippen LogP contribution is 2.33. The molecule has 0 aromatic rings. The number of carbonyl (C=O) groups is 3. The number of ether oxygens (including phenoxy) is 2. The predicted octanol–water partition coefficient (Wildman–Crippen LogP) is 2.27. The van der Waals surface area contributed by atoms with Gasteiger partial charge in [0.2, 0.25) is 0 Å². The third-order valence-corrected chi connectivity index (χ3v) is 4.53. The zero-order valence-corrected chi connectivity index (χ0v) is 15.3. The fourth-order valence-corrected chi connectivity index (χ4v) is 3.05. The molecule has 0 aromatic carbocycles. The van der Waals surface area contributed by atoms with Crippen LogP contribution in [0.3, 0.4) is 0 Å². The van der Waals surface area contributed by atoms with E-state index in [0.717, 1.165) is 5.57 Å². The van der Waals surface area contributed by atoms with Crippen LogP contribution in [0.4, 0.5) is 0 Å². The third kappa shape index (κ3) is 5.14. The molecule has 1 fully saturated rings. The molecule has 2 rings (SSSR count). The van der Waals surface area contributed by atoms with E-state index >= 15 is 0 Å². The molecule has 6 nitrogen and oxygen atoms in total. The van der Waals surface area contributed by atoms with Crippen LogP contribution in [-0.4, -0.2) is 42.1 Å². The van der Waals surface area contributed by atoms with Crippen molar-refractivity contribution in [3.05, 3.63) is 35.5 Å². The summed E-state index contributed by atoms with van der Waals surface area (Å²) >= 11 is 0. The van der Waals surface area contributed by atoms with E-state index in [1.165, 1.54) is 0 Å². The Hall–Kier alpha value is -2.21. The van der Waals surface area contributed by atoms with Gasteiger partial charge in [-0.15, -0.1) is 0 Å². The number of aliphatic hydroxyl groups excluding tert-OH is 1. The molecule has 1 saturated heterocycles. The number of hydrogen-bond acceptors (Lipinski definition) is 6. The van der Waals surface area contributed by atoms with Crippen LogP contribution in [0.5, 0.6) is 0 Å². The molecule has 0 amide bonds. The van der Waals surface area contributed by atoms with E-state index in [-0.39, 0.29) is 42.9 Å². The average Bonchev–Trinajstić information content (AvgIpc) is 2.83. The van der Waals surface area contributed by atoms with E-state index in [1.807, 2.05) is 13.8 Å². The zero-order chi connectivity index (χ0) is 19.3. The maximum absolute atomic E-state index is 12.3. The van der Waals surface area contributed by atoms with E-state index in [1.54, 1.807) is 12.2 Å². The SMILES string of the molecule is C=C1C(=O)O[C@@H]2/C=C(/COC(=O)CC(C)C)CC/C=C(/CO)C(=O)C[C@@H]12. The molecule has 0 unspecified atom stereocenters. The van der Waals surface area contributed by atoms with E-state index in [4.69, 9.17) is 9.47 Å². The molecule has 6 heteroatoms. The number of carbonyl (C=O) groups excluding carboxylic acids is 3. The van der Waals surface area contributed by atoms with Crippen molar-refractivity contribution in [3.8, 4) is 0 Å². The molecule has 26 heavy (non-hydrogen) atoms. The Morgan fingerprint density at radius 2 is 2.15 bits per heavy atom. The van der Waals surface area contributed by atoms with Gasteiger partial charge in [0.1, 0.15) is 12.7 Å². The van der Waals surface area contributed by atoms with Gasteiger partial charge in [-0.2, -0.15) is 0 Å². The second kappa shape index (κ2) is 8.94. The number of ketones is 1. The van der Waals surface area contributed by atoms with Gasteiger partial charge in [-0.3, -0.25) is 9.59 Å². The van der Waals surface area contributed by atoms with Crippen LogP contribution in [-0.2, 0) is 23.9 Å². The average molecular weight is 362 g/mol. The molecule has 1 aliphatic heterocycles. The molecule has 0 bridgehead atoms. The summed E-state index contributed by atoms with van der Waals surface area (Å²) < 4.78 is 10.7. The number of esters is 2. The van der Waals surface area contributed by atoms with Gasteiger partial charge < -0.3 is 14.6 Å². The number of aliphatic hydroxyl groups is 1. The minimum absolute atomic E-state index is 0.0541. The Balaban J connectivity index is 2.19. The first-order valence-corrected chi connectivity index (χ1v) is 8.89. The van der Waals surface area contributed by atoms with Gasteiger partial charge in [-0.25, -0.2) is 4.79 Å². The molecule has 0 aromatic heterocycles. The predicted molar refractivity (Wildman–Crippen MR) is 95.0 cm³/mol. The minimum atomic E-state index is -0.601. The van der Waals surface area contributed by atoms with Gasteiger partial charge in [0, 0.05) is 29.9 Å². The molecule has 0 spiro atoms. The summed E-state index contributed by atoms with van der Waals surface area (Å²) in [4.78, 5) is 36.0. The second-order valence-electron chi connectivity index (χ2n) is 7.14.